The first-order chi connectivity index (χ1) is 23.2. The summed E-state index contributed by atoms with van der Waals surface area (Å²) in [7, 11) is 0. The molecular weight excluding hydrogens is 684 g/mol. The first kappa shape index (κ1) is 42.0. The van der Waals surface area contributed by atoms with Crippen molar-refractivity contribution in [2.24, 2.45) is 0 Å². The van der Waals surface area contributed by atoms with Gasteiger partial charge in [0.1, 0.15) is 0 Å². The van der Waals surface area contributed by atoms with Crippen LogP contribution < -0.4 is 17.0 Å². The maximum absolute atomic E-state index is 2.70. The predicted octanol–water partition coefficient (Wildman–Crippen LogP) is 12.4. The Labute approximate surface area is 304 Å². The van der Waals surface area contributed by atoms with Gasteiger partial charge < -0.3 is 0 Å². The molecule has 0 saturated heterocycles. The fourth-order valence-electron chi connectivity index (χ4n) is 6.66. The minimum atomic E-state index is -0.369. The fraction of sp³-hybridized carbons (Fsp3) is 0.727. The molecule has 0 saturated carbocycles. The Balaban J connectivity index is 1.94. The van der Waals surface area contributed by atoms with Crippen LogP contribution in [0.1, 0.15) is 182 Å². The van der Waals surface area contributed by atoms with Gasteiger partial charge in [-0.25, -0.2) is 0 Å². The summed E-state index contributed by atoms with van der Waals surface area (Å²) in [5.41, 5.74) is 2.89. The zero-order valence-corrected chi connectivity index (χ0v) is 34.1. The summed E-state index contributed by atoms with van der Waals surface area (Å²) in [5, 5.41) is 0. The summed E-state index contributed by atoms with van der Waals surface area (Å²) < 4.78 is 3.11. The molecule has 0 atom stereocenters. The molecule has 0 heterocycles. The second-order valence-electron chi connectivity index (χ2n) is 14.1. The van der Waals surface area contributed by atoms with Crippen molar-refractivity contribution in [2.45, 2.75) is 182 Å². The van der Waals surface area contributed by atoms with Crippen LogP contribution >= 0.6 is 0 Å². The average molecular weight is 761 g/mol. The Morgan fingerprint density at radius 1 is 0.319 bits per heavy atom. The van der Waals surface area contributed by atoms with Crippen LogP contribution in [0.4, 0.5) is 11.4 Å². The number of rotatable bonds is 32. The van der Waals surface area contributed by atoms with Crippen LogP contribution in [0.3, 0.4) is 0 Å². The number of hydrogen-bond donors (Lipinski definition) is 0. The van der Waals surface area contributed by atoms with Crippen LogP contribution in [0.2, 0.25) is 0 Å². The van der Waals surface area contributed by atoms with Gasteiger partial charge in [-0.3, -0.25) is 0 Å². The zero-order valence-electron chi connectivity index (χ0n) is 31.7. The van der Waals surface area contributed by atoms with E-state index < -0.39 is 0 Å². The minimum absolute atomic E-state index is 0.369. The van der Waals surface area contributed by atoms with Crippen molar-refractivity contribution >= 4 is 39.5 Å². The van der Waals surface area contributed by atoms with Crippen LogP contribution in [-0.2, 0) is 0 Å². The van der Waals surface area contributed by atoms with Crippen molar-refractivity contribution < 1.29 is 0 Å². The van der Waals surface area contributed by atoms with Crippen LogP contribution in [0.5, 0.6) is 0 Å². The SMILES string of the molecule is CCCCCCCCN(CCCCCCCC)c1ccc([Te]c2ccc(N(CCCCCCCC)CCCCCCCC)cc2)cc1. The van der Waals surface area contributed by atoms with Crippen molar-refractivity contribution in [3.8, 4) is 0 Å². The van der Waals surface area contributed by atoms with E-state index in [2.05, 4.69) is 86.0 Å². The number of benzene rings is 2. The molecule has 0 N–H and O–H groups in total. The van der Waals surface area contributed by atoms with Gasteiger partial charge >= 0.3 is 278 Å². The molecular formula is C44H76N2Te. The van der Waals surface area contributed by atoms with E-state index in [0.717, 1.165) is 0 Å². The summed E-state index contributed by atoms with van der Waals surface area (Å²) in [5.74, 6) is 0. The molecule has 0 amide bonds. The van der Waals surface area contributed by atoms with Gasteiger partial charge in [0.2, 0.25) is 0 Å². The molecule has 0 unspecified atom stereocenters. The van der Waals surface area contributed by atoms with E-state index in [1.54, 1.807) is 7.22 Å². The second-order valence-corrected chi connectivity index (χ2v) is 17.4. The summed E-state index contributed by atoms with van der Waals surface area (Å²) in [6, 6.07) is 19.5. The summed E-state index contributed by atoms with van der Waals surface area (Å²) in [4.78, 5) is 5.39. The molecule has 0 fully saturated rings. The zero-order chi connectivity index (χ0) is 33.6. The van der Waals surface area contributed by atoms with Crippen LogP contribution in [0, 0.1) is 0 Å². The van der Waals surface area contributed by atoms with Crippen molar-refractivity contribution in [3.63, 3.8) is 0 Å². The molecule has 2 nitrogen and oxygen atoms in total. The van der Waals surface area contributed by atoms with Crippen LogP contribution in [-0.4, -0.2) is 47.1 Å². The molecule has 0 bridgehead atoms. The molecule has 0 aliphatic rings. The Morgan fingerprint density at radius 3 is 0.809 bits per heavy atom. The van der Waals surface area contributed by atoms with Gasteiger partial charge in [-0.05, 0) is 0 Å². The third-order valence-corrected chi connectivity index (χ3v) is 12.7. The van der Waals surface area contributed by atoms with Crippen molar-refractivity contribution in [3.05, 3.63) is 48.5 Å². The summed E-state index contributed by atoms with van der Waals surface area (Å²) in [6.45, 7) is 14.1. The van der Waals surface area contributed by atoms with Crippen LogP contribution in [0.25, 0.3) is 0 Å². The fourth-order valence-corrected chi connectivity index (χ4v) is 8.99. The molecule has 2 rings (SSSR count). The molecule has 0 aromatic heterocycles. The van der Waals surface area contributed by atoms with E-state index in [4.69, 9.17) is 0 Å². The number of unbranched alkanes of at least 4 members (excludes halogenated alkanes) is 20. The second kappa shape index (κ2) is 29.7. The van der Waals surface area contributed by atoms with Gasteiger partial charge in [0.05, 0.1) is 0 Å². The quantitative estimate of drug-likeness (QED) is 0.0541. The van der Waals surface area contributed by atoms with Gasteiger partial charge in [0, 0.05) is 0 Å². The Hall–Kier alpha value is -1.17. The summed E-state index contributed by atoms with van der Waals surface area (Å²) >= 11 is -0.369. The van der Waals surface area contributed by atoms with E-state index in [1.807, 2.05) is 0 Å². The van der Waals surface area contributed by atoms with Gasteiger partial charge in [-0.1, -0.05) is 27.7 Å². The topological polar surface area (TPSA) is 6.48 Å². The third-order valence-electron chi connectivity index (χ3n) is 9.77. The van der Waals surface area contributed by atoms with E-state index >= 15 is 0 Å². The first-order valence-electron chi connectivity index (χ1n) is 20.6. The normalized spacial score (nSPS) is 11.3. The van der Waals surface area contributed by atoms with Gasteiger partial charge in [-0.15, -0.1) is 0 Å². The van der Waals surface area contributed by atoms with Crippen LogP contribution in [0.15, 0.2) is 48.5 Å². The van der Waals surface area contributed by atoms with E-state index in [9.17, 15) is 0 Å². The molecule has 2 aromatic carbocycles. The molecule has 0 aliphatic heterocycles. The molecule has 0 aliphatic carbocycles. The first-order valence-corrected chi connectivity index (χ1v) is 22.9. The Kier molecular flexibility index (Phi) is 26.6. The molecule has 2 aromatic rings. The average Bonchev–Trinajstić information content (AvgIpc) is 3.09. The Bertz CT molecular complexity index is 831. The molecule has 3 heteroatoms. The molecule has 0 radical (unpaired) electrons. The molecule has 47 heavy (non-hydrogen) atoms. The van der Waals surface area contributed by atoms with Crippen molar-refractivity contribution in [1.29, 1.82) is 0 Å². The van der Waals surface area contributed by atoms with Gasteiger partial charge in [0.15, 0.2) is 0 Å². The van der Waals surface area contributed by atoms with E-state index in [0.29, 0.717) is 0 Å². The monoisotopic (exact) mass is 763 g/mol. The number of anilines is 2. The van der Waals surface area contributed by atoms with E-state index in [1.165, 1.54) is 192 Å². The molecule has 0 spiro atoms. The number of hydrogen-bond acceptors (Lipinski definition) is 2. The molecule has 268 valence electrons. The van der Waals surface area contributed by atoms with Crippen molar-refractivity contribution in [2.75, 3.05) is 36.0 Å². The Morgan fingerprint density at radius 2 is 0.553 bits per heavy atom. The van der Waals surface area contributed by atoms with E-state index in [-0.39, 0.29) is 20.9 Å². The van der Waals surface area contributed by atoms with Gasteiger partial charge in [-0.2, -0.15) is 0 Å². The standard InChI is InChI=1S/C44H76N2Te/c1-5-9-13-17-21-25-37-45(38-26-22-18-14-10-6-2)41-29-33-43(34-30-41)47-44-35-31-42(32-36-44)46(39-27-23-19-15-11-7-3)40-28-24-20-16-12-8-4/h29-36H,5-28,37-40H2,1-4H3. The maximum atomic E-state index is 2.70. The third kappa shape index (κ3) is 20.8. The number of nitrogens with zero attached hydrogens (tertiary/aromatic N) is 2. The van der Waals surface area contributed by atoms with Gasteiger partial charge in [0.25, 0.3) is 0 Å². The summed E-state index contributed by atoms with van der Waals surface area (Å²) in [6.07, 6.45) is 33.0. The van der Waals surface area contributed by atoms with Crippen molar-refractivity contribution in [1.82, 2.24) is 0 Å². The predicted molar refractivity (Wildman–Crippen MR) is 216 cm³/mol.